The molecule has 3 aromatic rings. The summed E-state index contributed by atoms with van der Waals surface area (Å²) in [6.07, 6.45) is 6.86. The summed E-state index contributed by atoms with van der Waals surface area (Å²) in [5, 5.41) is 0. The lowest BCUT2D eigenvalue weighted by atomic mass is 9.61. The van der Waals surface area contributed by atoms with Crippen molar-refractivity contribution in [3.63, 3.8) is 0 Å². The highest BCUT2D eigenvalue weighted by Crippen LogP contribution is 2.50. The van der Waals surface area contributed by atoms with Crippen LogP contribution in [0.1, 0.15) is 96.8 Å². The van der Waals surface area contributed by atoms with E-state index < -0.39 is 0 Å². The van der Waals surface area contributed by atoms with E-state index in [1.807, 2.05) is 0 Å². The lowest BCUT2D eigenvalue weighted by Crippen LogP contribution is -2.67. The van der Waals surface area contributed by atoms with Gasteiger partial charge in [-0.25, -0.2) is 4.57 Å². The molecule has 1 aliphatic rings. The topological polar surface area (TPSA) is 8.81 Å². The van der Waals surface area contributed by atoms with Crippen LogP contribution in [-0.2, 0) is 11.0 Å². The van der Waals surface area contributed by atoms with Crippen LogP contribution < -0.4 is 4.57 Å². The van der Waals surface area contributed by atoms with Gasteiger partial charge < -0.3 is 0 Å². The second-order valence-electron chi connectivity index (χ2n) is 10.3. The van der Waals surface area contributed by atoms with E-state index in [0.29, 0.717) is 11.8 Å². The highest BCUT2D eigenvalue weighted by Gasteiger charge is 2.55. The summed E-state index contributed by atoms with van der Waals surface area (Å²) in [7, 11) is 0. The third kappa shape index (κ3) is 2.94. The molecule has 0 aliphatic carbocycles. The van der Waals surface area contributed by atoms with Crippen LogP contribution in [0.15, 0.2) is 54.9 Å². The van der Waals surface area contributed by atoms with Crippen molar-refractivity contribution >= 4 is 0 Å². The van der Waals surface area contributed by atoms with E-state index in [2.05, 4.69) is 119 Å². The van der Waals surface area contributed by atoms with Crippen molar-refractivity contribution in [2.24, 2.45) is 0 Å². The normalized spacial score (nSPS) is 22.6. The Kier molecular flexibility index (Phi) is 5.40. The predicted molar refractivity (Wildman–Crippen MR) is 131 cm³/mol. The fourth-order valence-electron chi connectivity index (χ4n) is 5.87. The molecule has 1 aliphatic heterocycles. The number of imidazole rings is 1. The molecule has 0 fully saturated rings. The maximum atomic E-state index is 2.58. The Labute approximate surface area is 188 Å². The molecule has 4 rings (SSSR count). The first-order valence-electron chi connectivity index (χ1n) is 12.1. The van der Waals surface area contributed by atoms with Crippen LogP contribution >= 0.6 is 0 Å². The van der Waals surface area contributed by atoms with Crippen LogP contribution in [-0.4, -0.2) is 4.57 Å². The van der Waals surface area contributed by atoms with E-state index in [9.17, 15) is 0 Å². The summed E-state index contributed by atoms with van der Waals surface area (Å²) in [6, 6.07) is 16.0. The first-order chi connectivity index (χ1) is 14.7. The minimum absolute atomic E-state index is 0.0153. The molecule has 0 saturated carbocycles. The quantitative estimate of drug-likeness (QED) is 0.382. The van der Waals surface area contributed by atoms with Crippen molar-refractivity contribution in [3.8, 4) is 17.1 Å². The van der Waals surface area contributed by atoms with Crippen molar-refractivity contribution < 1.29 is 4.57 Å². The summed E-state index contributed by atoms with van der Waals surface area (Å²) >= 11 is 0. The molecular formula is C29H39N2+. The summed E-state index contributed by atoms with van der Waals surface area (Å²) in [6.45, 7) is 18.8. The van der Waals surface area contributed by atoms with Gasteiger partial charge in [0.1, 0.15) is 23.6 Å². The fraction of sp³-hybridized carbons (Fsp3) is 0.483. The maximum absolute atomic E-state index is 2.58. The van der Waals surface area contributed by atoms with Gasteiger partial charge in [-0.1, -0.05) is 84.9 Å². The molecule has 0 amide bonds. The summed E-state index contributed by atoms with van der Waals surface area (Å²) in [5.74, 6) is 2.25. The molecule has 0 spiro atoms. The van der Waals surface area contributed by atoms with Gasteiger partial charge in [-0.2, -0.15) is 4.57 Å². The van der Waals surface area contributed by atoms with E-state index in [1.165, 1.54) is 33.8 Å². The molecule has 2 heteroatoms. The molecule has 2 nitrogen and oxygen atoms in total. The van der Waals surface area contributed by atoms with Gasteiger partial charge in [0, 0.05) is 16.5 Å². The SMILES string of the molecule is CCC1(C)c2ccccc2-c2n(-c3c(C(C)C)cccc3C(C)C)cc[n+]2C1(C)CC. The number of fused-ring (bicyclic) bond motifs is 3. The molecule has 164 valence electrons. The minimum Gasteiger partial charge on any atom is -0.224 e. The highest BCUT2D eigenvalue weighted by atomic mass is 15.2. The van der Waals surface area contributed by atoms with Crippen LogP contribution in [0.2, 0.25) is 0 Å². The van der Waals surface area contributed by atoms with Crippen molar-refractivity contribution in [3.05, 3.63) is 71.5 Å². The van der Waals surface area contributed by atoms with Crippen molar-refractivity contribution in [1.82, 2.24) is 4.57 Å². The third-order valence-electron chi connectivity index (χ3n) is 8.28. The zero-order valence-corrected chi connectivity index (χ0v) is 20.7. The van der Waals surface area contributed by atoms with Crippen LogP contribution in [0.25, 0.3) is 17.1 Å². The molecule has 2 aromatic carbocycles. The first kappa shape index (κ1) is 21.9. The van der Waals surface area contributed by atoms with Crippen LogP contribution in [0.3, 0.4) is 0 Å². The first-order valence-corrected chi connectivity index (χ1v) is 12.1. The average Bonchev–Trinajstić information content (AvgIpc) is 3.22. The van der Waals surface area contributed by atoms with Gasteiger partial charge >= 0.3 is 0 Å². The zero-order chi connectivity index (χ0) is 22.6. The van der Waals surface area contributed by atoms with Crippen molar-refractivity contribution in [1.29, 1.82) is 0 Å². The number of benzene rings is 2. The van der Waals surface area contributed by atoms with Gasteiger partial charge in [0.25, 0.3) is 5.82 Å². The number of rotatable bonds is 5. The molecule has 2 atom stereocenters. The lowest BCUT2D eigenvalue weighted by molar-refractivity contribution is -0.764. The average molecular weight is 416 g/mol. The van der Waals surface area contributed by atoms with Crippen molar-refractivity contribution in [2.45, 2.75) is 91.0 Å². The van der Waals surface area contributed by atoms with E-state index in [1.54, 1.807) is 0 Å². The second-order valence-corrected chi connectivity index (χ2v) is 10.3. The summed E-state index contributed by atoms with van der Waals surface area (Å²) < 4.78 is 5.08. The fourth-order valence-corrected chi connectivity index (χ4v) is 5.87. The maximum Gasteiger partial charge on any atom is 0.294 e. The number of nitrogens with zero attached hydrogens (tertiary/aromatic N) is 2. The van der Waals surface area contributed by atoms with Gasteiger partial charge in [0.15, 0.2) is 0 Å². The summed E-state index contributed by atoms with van der Waals surface area (Å²) in [4.78, 5) is 0. The van der Waals surface area contributed by atoms with Crippen LogP contribution in [0, 0.1) is 0 Å². The zero-order valence-electron chi connectivity index (χ0n) is 20.7. The Morgan fingerprint density at radius 2 is 1.45 bits per heavy atom. The van der Waals surface area contributed by atoms with E-state index in [4.69, 9.17) is 0 Å². The monoisotopic (exact) mass is 415 g/mol. The van der Waals surface area contributed by atoms with E-state index in [-0.39, 0.29) is 11.0 Å². The molecule has 0 radical (unpaired) electrons. The minimum atomic E-state index is 0.0153. The van der Waals surface area contributed by atoms with Gasteiger partial charge in [0.05, 0.1) is 5.56 Å². The Bertz CT molecular complexity index is 1080. The molecule has 2 unspecified atom stereocenters. The number of para-hydroxylation sites is 1. The second kappa shape index (κ2) is 7.65. The Hall–Kier alpha value is -2.35. The standard InChI is InChI=1S/C29H39N2/c1-9-28(7)25-17-12-11-14-24(25)27-30(18-19-31(27)29(28,8)10-2)26-22(20(3)4)15-13-16-23(26)21(5)6/h11-21H,9-10H2,1-8H3/q+1. The number of hydrogen-bond donors (Lipinski definition) is 0. The third-order valence-corrected chi connectivity index (χ3v) is 8.28. The number of aromatic nitrogens is 2. The largest absolute Gasteiger partial charge is 0.294 e. The molecular weight excluding hydrogens is 376 g/mol. The predicted octanol–water partition coefficient (Wildman–Crippen LogP) is 7.49. The smallest absolute Gasteiger partial charge is 0.224 e. The lowest BCUT2D eigenvalue weighted by Gasteiger charge is -2.47. The molecule has 2 heterocycles. The Balaban J connectivity index is 2.13. The number of hydrogen-bond acceptors (Lipinski definition) is 0. The van der Waals surface area contributed by atoms with Crippen LogP contribution in [0.5, 0.6) is 0 Å². The van der Waals surface area contributed by atoms with Gasteiger partial charge in [-0.15, -0.1) is 0 Å². The Morgan fingerprint density at radius 1 is 0.839 bits per heavy atom. The van der Waals surface area contributed by atoms with Crippen LogP contribution in [0.4, 0.5) is 0 Å². The van der Waals surface area contributed by atoms with Crippen molar-refractivity contribution in [2.75, 3.05) is 0 Å². The molecule has 0 N–H and O–H groups in total. The highest BCUT2D eigenvalue weighted by molar-refractivity contribution is 5.66. The van der Waals surface area contributed by atoms with Gasteiger partial charge in [-0.05, 0) is 43.2 Å². The van der Waals surface area contributed by atoms with E-state index in [0.717, 1.165) is 12.8 Å². The molecule has 0 bridgehead atoms. The summed E-state index contributed by atoms with van der Waals surface area (Å²) in [5.41, 5.74) is 7.16. The van der Waals surface area contributed by atoms with E-state index >= 15 is 0 Å². The molecule has 31 heavy (non-hydrogen) atoms. The Morgan fingerprint density at radius 3 is 2.00 bits per heavy atom. The molecule has 0 saturated heterocycles. The van der Waals surface area contributed by atoms with Gasteiger partial charge in [0.2, 0.25) is 0 Å². The molecule has 1 aromatic heterocycles. The van der Waals surface area contributed by atoms with Gasteiger partial charge in [-0.3, -0.25) is 0 Å².